The van der Waals surface area contributed by atoms with Crippen LogP contribution in [0.4, 0.5) is 0 Å². The molecule has 3 aliphatic rings. The molecule has 0 saturated heterocycles. The van der Waals surface area contributed by atoms with Gasteiger partial charge in [0, 0.05) is 30.3 Å². The topological polar surface area (TPSA) is 60.8 Å². The zero-order valence-corrected chi connectivity index (χ0v) is 21.1. The van der Waals surface area contributed by atoms with Crippen molar-refractivity contribution >= 4 is 23.7 Å². The van der Waals surface area contributed by atoms with E-state index in [1.54, 1.807) is 25.1 Å². The third kappa shape index (κ3) is 4.18. The SMILES string of the molecule is CN(C)C(=O)C=Cc1ccc(SC2Cc3cc(O)ccc3[C@H]3CC[C@]4(C)C(O)CC[C@H]4[C@H]23)cc1. The average Bonchev–Trinajstić information content (AvgIpc) is 3.12. The van der Waals surface area contributed by atoms with Crippen LogP contribution < -0.4 is 0 Å². The molecule has 34 heavy (non-hydrogen) atoms. The molecule has 0 aliphatic heterocycles. The molecule has 4 nitrogen and oxygen atoms in total. The summed E-state index contributed by atoms with van der Waals surface area (Å²) in [6.45, 7) is 2.32. The second-order valence-electron chi connectivity index (χ2n) is 10.8. The molecule has 2 aromatic rings. The average molecular weight is 478 g/mol. The second kappa shape index (κ2) is 9.09. The van der Waals surface area contributed by atoms with Crippen molar-refractivity contribution in [2.24, 2.45) is 17.3 Å². The molecule has 1 amide bonds. The van der Waals surface area contributed by atoms with Crippen LogP contribution in [0.15, 0.2) is 53.4 Å². The van der Waals surface area contributed by atoms with E-state index in [-0.39, 0.29) is 17.4 Å². The molecule has 2 unspecified atom stereocenters. The fraction of sp³-hybridized carbons (Fsp3) is 0.483. The maximum atomic E-state index is 11.8. The molecular weight excluding hydrogens is 442 g/mol. The number of hydrogen-bond donors (Lipinski definition) is 2. The summed E-state index contributed by atoms with van der Waals surface area (Å²) in [5, 5.41) is 21.4. The van der Waals surface area contributed by atoms with E-state index in [9.17, 15) is 15.0 Å². The monoisotopic (exact) mass is 477 g/mol. The van der Waals surface area contributed by atoms with Gasteiger partial charge in [-0.3, -0.25) is 4.79 Å². The van der Waals surface area contributed by atoms with Crippen LogP contribution in [0.25, 0.3) is 6.08 Å². The highest BCUT2D eigenvalue weighted by Gasteiger charge is 2.56. The Bertz CT molecular complexity index is 1100. The number of rotatable bonds is 4. The third-order valence-electron chi connectivity index (χ3n) is 8.69. The van der Waals surface area contributed by atoms with Crippen LogP contribution in [0, 0.1) is 17.3 Å². The zero-order chi connectivity index (χ0) is 24.0. The molecule has 0 aromatic heterocycles. The van der Waals surface area contributed by atoms with Crippen LogP contribution in [0.5, 0.6) is 5.75 Å². The van der Waals surface area contributed by atoms with Gasteiger partial charge in [-0.1, -0.05) is 25.1 Å². The first kappa shape index (κ1) is 23.5. The lowest BCUT2D eigenvalue weighted by Gasteiger charge is -2.52. The number of aliphatic hydroxyl groups is 1. The number of fused-ring (bicyclic) bond motifs is 5. The van der Waals surface area contributed by atoms with Gasteiger partial charge in [-0.25, -0.2) is 0 Å². The Hall–Kier alpha value is -2.24. The summed E-state index contributed by atoms with van der Waals surface area (Å²) in [5.74, 6) is 1.87. The van der Waals surface area contributed by atoms with Crippen LogP contribution in [-0.4, -0.2) is 46.5 Å². The van der Waals surface area contributed by atoms with Gasteiger partial charge in [0.2, 0.25) is 5.91 Å². The Balaban J connectivity index is 1.42. The van der Waals surface area contributed by atoms with E-state index in [2.05, 4.69) is 37.3 Å². The molecule has 5 heteroatoms. The number of carbonyl (C=O) groups excluding carboxylic acids is 1. The first-order valence-corrected chi connectivity index (χ1v) is 13.3. The number of phenols is 1. The number of likely N-dealkylation sites (N-methyl/N-ethyl adjacent to an activating group) is 1. The number of amides is 1. The van der Waals surface area contributed by atoms with Gasteiger partial charge in [0.05, 0.1) is 6.10 Å². The van der Waals surface area contributed by atoms with Gasteiger partial charge in [-0.2, -0.15) is 0 Å². The zero-order valence-electron chi connectivity index (χ0n) is 20.3. The van der Waals surface area contributed by atoms with Crippen LogP contribution in [0.3, 0.4) is 0 Å². The number of nitrogens with zero attached hydrogens (tertiary/aromatic N) is 1. The molecule has 2 aromatic carbocycles. The lowest BCUT2D eigenvalue weighted by Crippen LogP contribution is -2.48. The summed E-state index contributed by atoms with van der Waals surface area (Å²) in [6.07, 6.45) is 8.41. The minimum atomic E-state index is -0.193. The molecule has 2 fully saturated rings. The summed E-state index contributed by atoms with van der Waals surface area (Å²) >= 11 is 1.94. The van der Waals surface area contributed by atoms with Crippen molar-refractivity contribution in [1.29, 1.82) is 0 Å². The first-order valence-electron chi connectivity index (χ1n) is 12.4. The standard InChI is InChI=1S/C29H35NO3S/c1-29-15-14-23-22-10-7-20(31)16-19(22)17-25(28(23)24(29)11-12-26(29)32)34-21-8-4-18(5-9-21)6-13-27(33)30(2)3/h4-10,13,16,23-26,28,31-32H,11-12,14-15,17H2,1-3H3/t23-,24+,25?,26?,28-,29+/m1/s1. The number of thioether (sulfide) groups is 1. The number of hydrogen-bond acceptors (Lipinski definition) is 4. The predicted octanol–water partition coefficient (Wildman–Crippen LogP) is 5.48. The maximum Gasteiger partial charge on any atom is 0.246 e. The lowest BCUT2D eigenvalue weighted by molar-refractivity contribution is -0.123. The smallest absolute Gasteiger partial charge is 0.246 e. The van der Waals surface area contributed by atoms with Gasteiger partial charge in [-0.15, -0.1) is 11.8 Å². The third-order valence-corrected chi connectivity index (χ3v) is 10.0. The summed E-state index contributed by atoms with van der Waals surface area (Å²) in [5.41, 5.74) is 3.72. The largest absolute Gasteiger partial charge is 0.508 e. The Morgan fingerprint density at radius 1 is 1.12 bits per heavy atom. The normalized spacial score (nSPS) is 32.2. The molecule has 0 radical (unpaired) electrons. The van der Waals surface area contributed by atoms with E-state index in [0.29, 0.717) is 28.8 Å². The predicted molar refractivity (Wildman–Crippen MR) is 138 cm³/mol. The van der Waals surface area contributed by atoms with Crippen molar-refractivity contribution in [1.82, 2.24) is 4.90 Å². The Morgan fingerprint density at radius 3 is 2.62 bits per heavy atom. The number of aromatic hydroxyl groups is 1. The number of phenolic OH excluding ortho intramolecular Hbond substituents is 1. The fourth-order valence-electron chi connectivity index (χ4n) is 6.80. The van der Waals surface area contributed by atoms with E-state index >= 15 is 0 Å². The molecule has 2 saturated carbocycles. The number of carbonyl (C=O) groups is 1. The fourth-order valence-corrected chi connectivity index (χ4v) is 8.24. The highest BCUT2D eigenvalue weighted by molar-refractivity contribution is 8.00. The van der Waals surface area contributed by atoms with Crippen molar-refractivity contribution < 1.29 is 15.0 Å². The van der Waals surface area contributed by atoms with Crippen LogP contribution in [-0.2, 0) is 11.2 Å². The second-order valence-corrected chi connectivity index (χ2v) is 12.1. The van der Waals surface area contributed by atoms with Crippen molar-refractivity contribution in [3.63, 3.8) is 0 Å². The molecule has 0 spiro atoms. The van der Waals surface area contributed by atoms with E-state index in [4.69, 9.17) is 0 Å². The van der Waals surface area contributed by atoms with Crippen molar-refractivity contribution in [2.75, 3.05) is 14.1 Å². The summed E-state index contributed by atoms with van der Waals surface area (Å²) < 4.78 is 0. The summed E-state index contributed by atoms with van der Waals surface area (Å²) in [4.78, 5) is 14.6. The Labute approximate surface area is 207 Å². The van der Waals surface area contributed by atoms with Crippen molar-refractivity contribution in [2.45, 2.75) is 61.2 Å². The molecular formula is C29H35NO3S. The van der Waals surface area contributed by atoms with Crippen LogP contribution >= 0.6 is 11.8 Å². The van der Waals surface area contributed by atoms with Gasteiger partial charge < -0.3 is 15.1 Å². The quantitative estimate of drug-likeness (QED) is 0.573. The molecule has 0 bridgehead atoms. The number of aliphatic hydroxyl groups excluding tert-OH is 1. The molecule has 3 aliphatic carbocycles. The molecule has 180 valence electrons. The van der Waals surface area contributed by atoms with Gasteiger partial charge in [0.15, 0.2) is 0 Å². The summed E-state index contributed by atoms with van der Waals surface area (Å²) in [7, 11) is 3.50. The molecule has 6 atom stereocenters. The van der Waals surface area contributed by atoms with Crippen LogP contribution in [0.1, 0.15) is 55.2 Å². The van der Waals surface area contributed by atoms with Crippen molar-refractivity contribution in [3.05, 3.63) is 65.2 Å². The van der Waals surface area contributed by atoms with E-state index < -0.39 is 0 Å². The minimum absolute atomic E-state index is 0.0159. The van der Waals surface area contributed by atoms with Crippen LogP contribution in [0.2, 0.25) is 0 Å². The highest BCUT2D eigenvalue weighted by atomic mass is 32.2. The highest BCUT2D eigenvalue weighted by Crippen LogP contribution is 2.62. The van der Waals surface area contributed by atoms with Gasteiger partial charge in [0.1, 0.15) is 5.75 Å². The van der Waals surface area contributed by atoms with E-state index in [1.165, 1.54) is 16.0 Å². The van der Waals surface area contributed by atoms with Gasteiger partial charge in [-0.05, 0) is 102 Å². The lowest BCUT2D eigenvalue weighted by atomic mass is 9.55. The maximum absolute atomic E-state index is 11.8. The Morgan fingerprint density at radius 2 is 1.88 bits per heavy atom. The number of benzene rings is 2. The molecule has 5 rings (SSSR count). The van der Waals surface area contributed by atoms with Crippen molar-refractivity contribution in [3.8, 4) is 5.75 Å². The molecule has 2 N–H and O–H groups in total. The minimum Gasteiger partial charge on any atom is -0.508 e. The van der Waals surface area contributed by atoms with E-state index in [0.717, 1.165) is 37.7 Å². The van der Waals surface area contributed by atoms with E-state index in [1.807, 2.05) is 30.0 Å². The summed E-state index contributed by atoms with van der Waals surface area (Å²) in [6, 6.07) is 14.4. The van der Waals surface area contributed by atoms with Gasteiger partial charge in [0.25, 0.3) is 0 Å². The Kier molecular flexibility index (Phi) is 6.28. The van der Waals surface area contributed by atoms with Gasteiger partial charge >= 0.3 is 0 Å². The first-order chi connectivity index (χ1) is 16.3. The molecule has 0 heterocycles.